The van der Waals surface area contributed by atoms with E-state index in [1.807, 2.05) is 6.07 Å². The van der Waals surface area contributed by atoms with Gasteiger partial charge in [0.05, 0.1) is 31.8 Å². The summed E-state index contributed by atoms with van der Waals surface area (Å²) in [6.45, 7) is 7.94. The number of ether oxygens (including phenoxy) is 1. The molecular formula is C21H27NO4. The highest BCUT2D eigenvalue weighted by molar-refractivity contribution is 5.65. The Hall–Kier alpha value is -2.27. The fourth-order valence-electron chi connectivity index (χ4n) is 3.43. The minimum Gasteiger partial charge on any atom is -0.472 e. The van der Waals surface area contributed by atoms with E-state index in [1.165, 1.54) is 10.5 Å². The first kappa shape index (κ1) is 18.5. The van der Waals surface area contributed by atoms with Crippen LogP contribution in [0.4, 0.5) is 4.79 Å². The fourth-order valence-corrected chi connectivity index (χ4v) is 3.43. The van der Waals surface area contributed by atoms with E-state index < -0.39 is 6.09 Å². The monoisotopic (exact) mass is 357 g/mol. The largest absolute Gasteiger partial charge is 0.472 e. The zero-order valence-electron chi connectivity index (χ0n) is 15.6. The number of carboxylic acid groups (broad SMARTS) is 1. The van der Waals surface area contributed by atoms with Crippen LogP contribution in [0.15, 0.2) is 47.3 Å². The lowest BCUT2D eigenvalue weighted by Crippen LogP contribution is -2.46. The quantitative estimate of drug-likeness (QED) is 0.866. The maximum absolute atomic E-state index is 11.4. The van der Waals surface area contributed by atoms with E-state index in [0.717, 1.165) is 17.5 Å². The molecule has 26 heavy (non-hydrogen) atoms. The van der Waals surface area contributed by atoms with Crippen molar-refractivity contribution in [1.82, 2.24) is 4.90 Å². The lowest BCUT2D eigenvalue weighted by molar-refractivity contribution is -0.0200. The highest BCUT2D eigenvalue weighted by Gasteiger charge is 2.33. The van der Waals surface area contributed by atoms with Gasteiger partial charge in [-0.3, -0.25) is 0 Å². The van der Waals surface area contributed by atoms with Crippen LogP contribution in [-0.4, -0.2) is 35.3 Å². The van der Waals surface area contributed by atoms with E-state index in [2.05, 4.69) is 45.0 Å². The summed E-state index contributed by atoms with van der Waals surface area (Å²) in [5, 5.41) is 9.32. The zero-order chi connectivity index (χ0) is 18.7. The van der Waals surface area contributed by atoms with Gasteiger partial charge in [-0.05, 0) is 34.6 Å². The van der Waals surface area contributed by atoms with Crippen molar-refractivity contribution in [2.75, 3.05) is 13.1 Å². The van der Waals surface area contributed by atoms with Gasteiger partial charge >= 0.3 is 6.09 Å². The minimum atomic E-state index is -0.890. The molecule has 1 aromatic heterocycles. The second kappa shape index (κ2) is 7.54. The summed E-state index contributed by atoms with van der Waals surface area (Å²) in [5.74, 6) is 0.151. The van der Waals surface area contributed by atoms with Crippen molar-refractivity contribution in [2.24, 2.45) is 0 Å². The SMILES string of the molecule is CC(C)(C)c1ccc(COC2CN(C(=O)O)CCC2c2ccoc2)cc1. The lowest BCUT2D eigenvalue weighted by Gasteiger charge is -2.36. The molecule has 0 radical (unpaired) electrons. The van der Waals surface area contributed by atoms with E-state index >= 15 is 0 Å². The Bertz CT molecular complexity index is 715. The topological polar surface area (TPSA) is 62.9 Å². The van der Waals surface area contributed by atoms with Gasteiger partial charge in [-0.25, -0.2) is 4.79 Å². The predicted molar refractivity (Wildman–Crippen MR) is 99.4 cm³/mol. The second-order valence-electron chi connectivity index (χ2n) is 7.98. The third kappa shape index (κ3) is 4.28. The normalized spacial score (nSPS) is 21.0. The molecule has 1 amide bonds. The fraction of sp³-hybridized carbons (Fsp3) is 0.476. The van der Waals surface area contributed by atoms with E-state index in [1.54, 1.807) is 12.5 Å². The van der Waals surface area contributed by atoms with Gasteiger partial charge in [0.2, 0.25) is 0 Å². The number of hydrogen-bond acceptors (Lipinski definition) is 3. The molecule has 0 spiro atoms. The van der Waals surface area contributed by atoms with Gasteiger partial charge in [0.25, 0.3) is 0 Å². The van der Waals surface area contributed by atoms with Gasteiger partial charge in [-0.2, -0.15) is 0 Å². The molecule has 5 heteroatoms. The molecule has 2 unspecified atom stereocenters. The first-order chi connectivity index (χ1) is 12.3. The Morgan fingerprint density at radius 3 is 2.58 bits per heavy atom. The molecule has 5 nitrogen and oxygen atoms in total. The summed E-state index contributed by atoms with van der Waals surface area (Å²) in [6, 6.07) is 10.4. The number of nitrogens with zero attached hydrogens (tertiary/aromatic N) is 1. The van der Waals surface area contributed by atoms with Crippen molar-refractivity contribution in [3.63, 3.8) is 0 Å². The van der Waals surface area contributed by atoms with E-state index in [9.17, 15) is 9.90 Å². The van der Waals surface area contributed by atoms with Crippen LogP contribution in [0, 0.1) is 0 Å². The molecule has 1 aliphatic heterocycles. The van der Waals surface area contributed by atoms with Crippen LogP contribution >= 0.6 is 0 Å². The summed E-state index contributed by atoms with van der Waals surface area (Å²) >= 11 is 0. The highest BCUT2D eigenvalue weighted by atomic mass is 16.5. The Balaban J connectivity index is 1.69. The van der Waals surface area contributed by atoms with Crippen LogP contribution in [-0.2, 0) is 16.8 Å². The first-order valence-corrected chi connectivity index (χ1v) is 9.05. The molecule has 2 atom stereocenters. The van der Waals surface area contributed by atoms with Crippen LogP contribution in [0.2, 0.25) is 0 Å². The second-order valence-corrected chi connectivity index (χ2v) is 7.98. The summed E-state index contributed by atoms with van der Waals surface area (Å²) < 4.78 is 11.4. The smallest absolute Gasteiger partial charge is 0.407 e. The molecule has 0 aliphatic carbocycles. The number of rotatable bonds is 4. The summed E-state index contributed by atoms with van der Waals surface area (Å²) in [7, 11) is 0. The number of furan rings is 1. The number of amides is 1. The van der Waals surface area contributed by atoms with Crippen molar-refractivity contribution in [3.05, 3.63) is 59.5 Å². The van der Waals surface area contributed by atoms with Gasteiger partial charge in [0.1, 0.15) is 0 Å². The minimum absolute atomic E-state index is 0.122. The number of piperidine rings is 1. The lowest BCUT2D eigenvalue weighted by atomic mass is 9.87. The van der Waals surface area contributed by atoms with Crippen LogP contribution in [0.25, 0.3) is 0 Å². The van der Waals surface area contributed by atoms with Crippen molar-refractivity contribution >= 4 is 6.09 Å². The summed E-state index contributed by atoms with van der Waals surface area (Å²) in [4.78, 5) is 12.8. The van der Waals surface area contributed by atoms with E-state index in [0.29, 0.717) is 19.7 Å². The van der Waals surface area contributed by atoms with Gasteiger partial charge in [-0.1, -0.05) is 45.0 Å². The van der Waals surface area contributed by atoms with Gasteiger partial charge in [0.15, 0.2) is 0 Å². The number of benzene rings is 1. The van der Waals surface area contributed by atoms with E-state index in [4.69, 9.17) is 9.15 Å². The molecule has 140 valence electrons. The van der Waals surface area contributed by atoms with Crippen molar-refractivity contribution in [1.29, 1.82) is 0 Å². The summed E-state index contributed by atoms with van der Waals surface area (Å²) in [5.41, 5.74) is 3.57. The average Bonchev–Trinajstić information content (AvgIpc) is 3.13. The Morgan fingerprint density at radius 2 is 2.00 bits per heavy atom. The Labute approximate surface area is 154 Å². The molecule has 1 aliphatic rings. The summed E-state index contributed by atoms with van der Waals surface area (Å²) in [6.07, 6.45) is 3.05. The molecule has 2 aromatic rings. The van der Waals surface area contributed by atoms with E-state index in [-0.39, 0.29) is 17.4 Å². The molecule has 0 saturated carbocycles. The zero-order valence-corrected chi connectivity index (χ0v) is 15.6. The van der Waals surface area contributed by atoms with Crippen LogP contribution < -0.4 is 0 Å². The van der Waals surface area contributed by atoms with Crippen LogP contribution in [0.3, 0.4) is 0 Å². The maximum atomic E-state index is 11.4. The van der Waals surface area contributed by atoms with Gasteiger partial charge < -0.3 is 19.2 Å². The third-order valence-electron chi connectivity index (χ3n) is 5.09. The molecule has 1 N–H and O–H groups in total. The molecular weight excluding hydrogens is 330 g/mol. The number of hydrogen-bond donors (Lipinski definition) is 1. The van der Waals surface area contributed by atoms with Crippen molar-refractivity contribution in [3.8, 4) is 0 Å². The van der Waals surface area contributed by atoms with Gasteiger partial charge in [0, 0.05) is 12.5 Å². The van der Waals surface area contributed by atoms with Crippen LogP contribution in [0.5, 0.6) is 0 Å². The molecule has 1 fully saturated rings. The molecule has 0 bridgehead atoms. The molecule has 1 saturated heterocycles. The highest BCUT2D eigenvalue weighted by Crippen LogP contribution is 2.31. The average molecular weight is 357 g/mol. The number of likely N-dealkylation sites (tertiary alicyclic amines) is 1. The standard InChI is InChI=1S/C21H27NO4/c1-21(2,3)17-6-4-15(5-7-17)13-26-19-12-22(20(23)24)10-8-18(19)16-9-11-25-14-16/h4-7,9,11,14,18-19H,8,10,12-13H2,1-3H3,(H,23,24). The first-order valence-electron chi connectivity index (χ1n) is 9.05. The molecule has 1 aromatic carbocycles. The van der Waals surface area contributed by atoms with Crippen molar-refractivity contribution in [2.45, 2.75) is 51.2 Å². The Morgan fingerprint density at radius 1 is 1.27 bits per heavy atom. The van der Waals surface area contributed by atoms with Crippen molar-refractivity contribution < 1.29 is 19.1 Å². The third-order valence-corrected chi connectivity index (χ3v) is 5.09. The molecule has 2 heterocycles. The van der Waals surface area contributed by atoms with Crippen LogP contribution in [0.1, 0.15) is 49.8 Å². The maximum Gasteiger partial charge on any atom is 0.407 e. The number of carbonyl (C=O) groups is 1. The predicted octanol–water partition coefficient (Wildman–Crippen LogP) is 4.63. The van der Waals surface area contributed by atoms with Gasteiger partial charge in [-0.15, -0.1) is 0 Å². The molecule has 3 rings (SSSR count). The Kier molecular flexibility index (Phi) is 5.37.